The lowest BCUT2D eigenvalue weighted by atomic mass is 10.0. The van der Waals surface area contributed by atoms with Crippen LogP contribution >= 0.6 is 0 Å². The van der Waals surface area contributed by atoms with E-state index in [0.717, 1.165) is 22.4 Å². The molecule has 1 amide bonds. The second kappa shape index (κ2) is 5.51. The molecular weight excluding hydrogens is 204 g/mol. The predicted octanol–water partition coefficient (Wildman–Crippen LogP) is 1.11. The minimum Gasteiger partial charge on any atom is -0.496 e. The molecule has 1 aromatic carbocycles. The summed E-state index contributed by atoms with van der Waals surface area (Å²) >= 11 is 0. The molecule has 0 fully saturated rings. The van der Waals surface area contributed by atoms with Crippen molar-refractivity contribution >= 4 is 5.91 Å². The zero-order valence-electron chi connectivity index (χ0n) is 10.2. The van der Waals surface area contributed by atoms with Crippen LogP contribution in [0.25, 0.3) is 0 Å². The number of benzene rings is 1. The molecule has 0 unspecified atom stereocenters. The van der Waals surface area contributed by atoms with Crippen molar-refractivity contribution in [1.82, 2.24) is 10.9 Å². The van der Waals surface area contributed by atoms with Gasteiger partial charge in [0, 0.05) is 12.6 Å². The van der Waals surface area contributed by atoms with Gasteiger partial charge in [-0.25, -0.2) is 5.43 Å². The zero-order valence-corrected chi connectivity index (χ0v) is 10.2. The number of carbonyl (C=O) groups is 1. The third-order valence-electron chi connectivity index (χ3n) is 2.40. The maximum Gasteiger partial charge on any atom is 0.238 e. The van der Waals surface area contributed by atoms with Gasteiger partial charge in [0.15, 0.2) is 0 Å². The maximum atomic E-state index is 11.5. The van der Waals surface area contributed by atoms with Crippen LogP contribution < -0.4 is 15.6 Å². The summed E-state index contributed by atoms with van der Waals surface area (Å²) in [5, 5.41) is 0. The van der Waals surface area contributed by atoms with Crippen molar-refractivity contribution in [3.05, 3.63) is 28.8 Å². The van der Waals surface area contributed by atoms with E-state index < -0.39 is 0 Å². The molecule has 0 bridgehead atoms. The zero-order chi connectivity index (χ0) is 12.1. The minimum atomic E-state index is -0.0762. The molecule has 0 radical (unpaired) electrons. The van der Waals surface area contributed by atoms with Crippen molar-refractivity contribution in [2.75, 3.05) is 14.2 Å². The number of nitrogens with one attached hydrogen (secondary N) is 2. The van der Waals surface area contributed by atoms with E-state index in [1.807, 2.05) is 26.0 Å². The summed E-state index contributed by atoms with van der Waals surface area (Å²) in [7, 11) is 3.28. The summed E-state index contributed by atoms with van der Waals surface area (Å²) < 4.78 is 5.29. The van der Waals surface area contributed by atoms with Crippen LogP contribution in [0.5, 0.6) is 5.75 Å². The Morgan fingerprint density at radius 3 is 2.62 bits per heavy atom. The second-order valence-corrected chi connectivity index (χ2v) is 3.74. The van der Waals surface area contributed by atoms with Crippen molar-refractivity contribution < 1.29 is 9.53 Å². The molecule has 1 rings (SSSR count). The highest BCUT2D eigenvalue weighted by Gasteiger charge is 2.11. The van der Waals surface area contributed by atoms with E-state index in [1.54, 1.807) is 14.2 Å². The standard InChI is InChI=1S/C12H18N2O2/c1-8-5-9(2)10(11(6-8)16-4)7-12(15)14-13-3/h5-6,13H,7H2,1-4H3,(H,14,15). The Labute approximate surface area is 96.0 Å². The van der Waals surface area contributed by atoms with Crippen LogP contribution in [-0.4, -0.2) is 20.1 Å². The molecule has 0 spiro atoms. The van der Waals surface area contributed by atoms with Gasteiger partial charge in [0.25, 0.3) is 0 Å². The van der Waals surface area contributed by atoms with Crippen LogP contribution in [0.1, 0.15) is 16.7 Å². The van der Waals surface area contributed by atoms with Crippen molar-refractivity contribution in [2.45, 2.75) is 20.3 Å². The van der Waals surface area contributed by atoms with Crippen LogP contribution in [0.2, 0.25) is 0 Å². The normalized spacial score (nSPS) is 10.0. The lowest BCUT2D eigenvalue weighted by molar-refractivity contribution is -0.121. The Morgan fingerprint density at radius 1 is 1.38 bits per heavy atom. The smallest absolute Gasteiger partial charge is 0.238 e. The molecule has 0 heterocycles. The molecule has 0 saturated heterocycles. The first-order valence-electron chi connectivity index (χ1n) is 5.18. The van der Waals surface area contributed by atoms with Crippen LogP contribution in [0.4, 0.5) is 0 Å². The Hall–Kier alpha value is -1.55. The van der Waals surface area contributed by atoms with Crippen LogP contribution in [0, 0.1) is 13.8 Å². The van der Waals surface area contributed by atoms with Gasteiger partial charge in [-0.15, -0.1) is 0 Å². The quantitative estimate of drug-likeness (QED) is 0.750. The molecular formula is C12H18N2O2. The van der Waals surface area contributed by atoms with E-state index in [4.69, 9.17) is 4.74 Å². The summed E-state index contributed by atoms with van der Waals surface area (Å²) in [5.41, 5.74) is 8.29. The molecule has 0 aromatic heterocycles. The molecule has 0 aliphatic rings. The number of rotatable bonds is 4. The Morgan fingerprint density at radius 2 is 2.06 bits per heavy atom. The van der Waals surface area contributed by atoms with E-state index in [2.05, 4.69) is 10.9 Å². The molecule has 0 atom stereocenters. The van der Waals surface area contributed by atoms with E-state index in [1.165, 1.54) is 0 Å². The molecule has 88 valence electrons. The first kappa shape index (κ1) is 12.5. The van der Waals surface area contributed by atoms with Crippen molar-refractivity contribution in [2.24, 2.45) is 0 Å². The summed E-state index contributed by atoms with van der Waals surface area (Å²) in [6.07, 6.45) is 0.316. The average Bonchev–Trinajstić information content (AvgIpc) is 2.22. The molecule has 16 heavy (non-hydrogen) atoms. The van der Waals surface area contributed by atoms with Gasteiger partial charge in [0.1, 0.15) is 5.75 Å². The third kappa shape index (κ3) is 2.97. The number of aryl methyl sites for hydroxylation is 2. The Balaban J connectivity index is 2.98. The fraction of sp³-hybridized carbons (Fsp3) is 0.417. The maximum absolute atomic E-state index is 11.5. The molecule has 4 heteroatoms. The molecule has 0 saturated carbocycles. The lowest BCUT2D eigenvalue weighted by Crippen LogP contribution is -2.35. The first-order chi connectivity index (χ1) is 7.58. The topological polar surface area (TPSA) is 50.4 Å². The highest BCUT2D eigenvalue weighted by molar-refractivity contribution is 5.79. The highest BCUT2D eigenvalue weighted by Crippen LogP contribution is 2.24. The fourth-order valence-corrected chi connectivity index (χ4v) is 1.71. The van der Waals surface area contributed by atoms with E-state index >= 15 is 0 Å². The van der Waals surface area contributed by atoms with Crippen molar-refractivity contribution in [3.8, 4) is 5.75 Å². The van der Waals surface area contributed by atoms with Crippen molar-refractivity contribution in [1.29, 1.82) is 0 Å². The summed E-state index contributed by atoms with van der Waals surface area (Å²) in [6, 6.07) is 3.99. The SMILES string of the molecule is CNNC(=O)Cc1c(C)cc(C)cc1OC. The summed E-state index contributed by atoms with van der Waals surface area (Å²) in [5.74, 6) is 0.691. The van der Waals surface area contributed by atoms with Gasteiger partial charge in [-0.1, -0.05) is 6.07 Å². The number of amides is 1. The van der Waals surface area contributed by atoms with Crippen LogP contribution in [0.15, 0.2) is 12.1 Å². The highest BCUT2D eigenvalue weighted by atomic mass is 16.5. The largest absolute Gasteiger partial charge is 0.496 e. The summed E-state index contributed by atoms with van der Waals surface area (Å²) in [4.78, 5) is 11.5. The van der Waals surface area contributed by atoms with Gasteiger partial charge >= 0.3 is 0 Å². The number of hydrazine groups is 1. The second-order valence-electron chi connectivity index (χ2n) is 3.74. The fourth-order valence-electron chi connectivity index (χ4n) is 1.71. The number of methoxy groups -OCH3 is 1. The van der Waals surface area contributed by atoms with Crippen molar-refractivity contribution in [3.63, 3.8) is 0 Å². The van der Waals surface area contributed by atoms with Gasteiger partial charge in [0.2, 0.25) is 5.91 Å². The van der Waals surface area contributed by atoms with Gasteiger partial charge < -0.3 is 4.74 Å². The van der Waals surface area contributed by atoms with E-state index in [0.29, 0.717) is 6.42 Å². The Kier molecular flexibility index (Phi) is 4.31. The first-order valence-corrected chi connectivity index (χ1v) is 5.18. The summed E-state index contributed by atoms with van der Waals surface area (Å²) in [6.45, 7) is 3.99. The van der Waals surface area contributed by atoms with E-state index in [9.17, 15) is 4.79 Å². The van der Waals surface area contributed by atoms with Crippen LogP contribution in [-0.2, 0) is 11.2 Å². The van der Waals surface area contributed by atoms with Gasteiger partial charge in [0.05, 0.1) is 13.5 Å². The third-order valence-corrected chi connectivity index (χ3v) is 2.40. The monoisotopic (exact) mass is 222 g/mol. The Bertz CT molecular complexity index is 389. The minimum absolute atomic E-state index is 0.0762. The van der Waals surface area contributed by atoms with Gasteiger partial charge in [-0.3, -0.25) is 10.2 Å². The van der Waals surface area contributed by atoms with Gasteiger partial charge in [-0.2, -0.15) is 0 Å². The average molecular weight is 222 g/mol. The molecule has 1 aromatic rings. The number of hydrogen-bond donors (Lipinski definition) is 2. The number of hydrogen-bond acceptors (Lipinski definition) is 3. The lowest BCUT2D eigenvalue weighted by Gasteiger charge is -2.12. The molecule has 0 aliphatic carbocycles. The van der Waals surface area contributed by atoms with E-state index in [-0.39, 0.29) is 5.91 Å². The van der Waals surface area contributed by atoms with Crippen LogP contribution in [0.3, 0.4) is 0 Å². The van der Waals surface area contributed by atoms with Gasteiger partial charge in [-0.05, 0) is 31.0 Å². The number of carbonyl (C=O) groups excluding carboxylic acids is 1. The molecule has 0 aliphatic heterocycles. The number of ether oxygens (including phenoxy) is 1. The molecule has 2 N–H and O–H groups in total. The molecule has 4 nitrogen and oxygen atoms in total. The predicted molar refractivity (Wildman–Crippen MR) is 63.4 cm³/mol.